The van der Waals surface area contributed by atoms with Crippen molar-refractivity contribution in [1.29, 1.82) is 0 Å². The molecule has 112 valence electrons. The molecular formula is C12H22F3N3O. The Morgan fingerprint density at radius 3 is 2.74 bits per heavy atom. The van der Waals surface area contributed by atoms with E-state index in [1.165, 1.54) is 0 Å². The van der Waals surface area contributed by atoms with Crippen molar-refractivity contribution in [2.75, 3.05) is 32.7 Å². The summed E-state index contributed by atoms with van der Waals surface area (Å²) in [5.74, 6) is -0.566. The summed E-state index contributed by atoms with van der Waals surface area (Å²) in [5.41, 5.74) is 0. The van der Waals surface area contributed by atoms with Crippen molar-refractivity contribution in [2.24, 2.45) is 0 Å². The van der Waals surface area contributed by atoms with E-state index in [1.807, 2.05) is 17.1 Å². The van der Waals surface area contributed by atoms with Crippen LogP contribution >= 0.6 is 0 Å². The third kappa shape index (κ3) is 7.37. The first-order valence-electron chi connectivity index (χ1n) is 6.70. The van der Waals surface area contributed by atoms with Crippen LogP contribution in [0.3, 0.4) is 0 Å². The van der Waals surface area contributed by atoms with Gasteiger partial charge < -0.3 is 10.6 Å². The van der Waals surface area contributed by atoms with Crippen molar-refractivity contribution in [3.05, 3.63) is 0 Å². The maximum Gasteiger partial charge on any atom is 0.405 e. The molecule has 1 heterocycles. The van der Waals surface area contributed by atoms with Crippen LogP contribution < -0.4 is 10.6 Å². The number of hydrogen-bond donors (Lipinski definition) is 2. The van der Waals surface area contributed by atoms with Gasteiger partial charge in [-0.05, 0) is 32.4 Å². The van der Waals surface area contributed by atoms with Crippen LogP contribution in [0, 0.1) is 0 Å². The Labute approximate surface area is 111 Å². The molecule has 0 aromatic rings. The van der Waals surface area contributed by atoms with Crippen molar-refractivity contribution in [1.82, 2.24) is 15.5 Å². The van der Waals surface area contributed by atoms with Crippen molar-refractivity contribution >= 4 is 5.91 Å². The Hall–Kier alpha value is -0.820. The van der Waals surface area contributed by atoms with Crippen LogP contribution in [0.4, 0.5) is 13.2 Å². The number of carbonyl (C=O) groups is 1. The molecule has 0 spiro atoms. The first-order chi connectivity index (χ1) is 8.90. The smallest absolute Gasteiger partial charge is 0.346 e. The maximum absolute atomic E-state index is 12.0. The second kappa shape index (κ2) is 7.69. The summed E-state index contributed by atoms with van der Waals surface area (Å²) in [6, 6.07) is 0.349. The number of nitrogens with zero attached hydrogens (tertiary/aromatic N) is 1. The van der Waals surface area contributed by atoms with Crippen LogP contribution in [-0.4, -0.2) is 55.7 Å². The minimum atomic E-state index is -4.35. The van der Waals surface area contributed by atoms with E-state index in [1.54, 1.807) is 0 Å². The van der Waals surface area contributed by atoms with Gasteiger partial charge in [0.25, 0.3) is 0 Å². The molecule has 1 amide bonds. The van der Waals surface area contributed by atoms with Crippen molar-refractivity contribution in [3.8, 4) is 0 Å². The standard InChI is InChI=1S/C12H22F3N3O/c1-2-6-18(7-10-4-3-5-16-10)8-11(19)17-9-12(13,14)15/h10,16H,2-9H2,1H3,(H,17,19). The number of alkyl halides is 3. The lowest BCUT2D eigenvalue weighted by molar-refractivity contribution is -0.139. The molecule has 4 nitrogen and oxygen atoms in total. The predicted molar refractivity (Wildman–Crippen MR) is 66.8 cm³/mol. The highest BCUT2D eigenvalue weighted by Gasteiger charge is 2.28. The highest BCUT2D eigenvalue weighted by atomic mass is 19.4. The summed E-state index contributed by atoms with van der Waals surface area (Å²) in [6.07, 6.45) is -1.30. The molecule has 1 unspecified atom stereocenters. The first kappa shape index (κ1) is 16.2. The number of halogens is 3. The first-order valence-corrected chi connectivity index (χ1v) is 6.70. The lowest BCUT2D eigenvalue weighted by Crippen LogP contribution is -2.45. The summed E-state index contributed by atoms with van der Waals surface area (Å²) in [6.45, 7) is 3.17. The normalized spacial score (nSPS) is 19.9. The van der Waals surface area contributed by atoms with Gasteiger partial charge in [0.05, 0.1) is 6.54 Å². The zero-order valence-corrected chi connectivity index (χ0v) is 11.2. The summed E-state index contributed by atoms with van der Waals surface area (Å²) in [5, 5.41) is 5.23. The molecule has 1 saturated heterocycles. The molecule has 0 radical (unpaired) electrons. The fourth-order valence-electron chi connectivity index (χ4n) is 2.23. The van der Waals surface area contributed by atoms with E-state index in [9.17, 15) is 18.0 Å². The number of nitrogens with one attached hydrogen (secondary N) is 2. The molecule has 1 aliphatic rings. The van der Waals surface area contributed by atoms with Gasteiger partial charge in [-0.25, -0.2) is 0 Å². The maximum atomic E-state index is 12.0. The van der Waals surface area contributed by atoms with E-state index in [4.69, 9.17) is 0 Å². The molecule has 2 N–H and O–H groups in total. The third-order valence-electron chi connectivity index (χ3n) is 3.03. The average molecular weight is 281 g/mol. The Bertz CT molecular complexity index is 278. The molecular weight excluding hydrogens is 259 g/mol. The summed E-state index contributed by atoms with van der Waals surface area (Å²) >= 11 is 0. The molecule has 1 rings (SSSR count). The van der Waals surface area contributed by atoms with Gasteiger partial charge in [-0.1, -0.05) is 6.92 Å². The average Bonchev–Trinajstić information content (AvgIpc) is 2.78. The SMILES string of the molecule is CCCN(CC(=O)NCC(F)(F)F)CC1CCCN1. The van der Waals surface area contributed by atoms with Gasteiger partial charge in [-0.3, -0.25) is 9.69 Å². The molecule has 0 aromatic carbocycles. The van der Waals surface area contributed by atoms with Crippen molar-refractivity contribution in [3.63, 3.8) is 0 Å². The molecule has 0 saturated carbocycles. The Morgan fingerprint density at radius 2 is 2.21 bits per heavy atom. The second-order valence-corrected chi connectivity index (χ2v) is 4.92. The monoisotopic (exact) mass is 281 g/mol. The highest BCUT2D eigenvalue weighted by Crippen LogP contribution is 2.12. The minimum Gasteiger partial charge on any atom is -0.346 e. The molecule has 0 aromatic heterocycles. The fourth-order valence-corrected chi connectivity index (χ4v) is 2.23. The zero-order chi connectivity index (χ0) is 14.3. The van der Waals surface area contributed by atoms with E-state index >= 15 is 0 Å². The molecule has 1 fully saturated rings. The van der Waals surface area contributed by atoms with Gasteiger partial charge in [0.1, 0.15) is 6.54 Å². The van der Waals surface area contributed by atoms with Gasteiger partial charge >= 0.3 is 6.18 Å². The highest BCUT2D eigenvalue weighted by molar-refractivity contribution is 5.78. The fraction of sp³-hybridized carbons (Fsp3) is 0.917. The van der Waals surface area contributed by atoms with Gasteiger partial charge in [0.15, 0.2) is 0 Å². The van der Waals surface area contributed by atoms with E-state index < -0.39 is 18.6 Å². The van der Waals surface area contributed by atoms with Crippen LogP contribution in [0.1, 0.15) is 26.2 Å². The Kier molecular flexibility index (Phi) is 6.57. The number of amides is 1. The number of hydrogen-bond acceptors (Lipinski definition) is 3. The lowest BCUT2D eigenvalue weighted by atomic mass is 10.2. The molecule has 0 bridgehead atoms. The van der Waals surface area contributed by atoms with Crippen molar-refractivity contribution in [2.45, 2.75) is 38.4 Å². The number of rotatable bonds is 7. The molecule has 1 aliphatic heterocycles. The van der Waals surface area contributed by atoms with Crippen LogP contribution in [0.2, 0.25) is 0 Å². The number of carbonyl (C=O) groups excluding carboxylic acids is 1. The summed E-state index contributed by atoms with van der Waals surface area (Å²) in [7, 11) is 0. The van der Waals surface area contributed by atoms with Gasteiger partial charge in [0.2, 0.25) is 5.91 Å². The zero-order valence-electron chi connectivity index (χ0n) is 11.2. The van der Waals surface area contributed by atoms with E-state index in [0.29, 0.717) is 12.6 Å². The lowest BCUT2D eigenvalue weighted by Gasteiger charge is -2.24. The molecule has 19 heavy (non-hydrogen) atoms. The van der Waals surface area contributed by atoms with Gasteiger partial charge in [-0.15, -0.1) is 0 Å². The van der Waals surface area contributed by atoms with Crippen molar-refractivity contribution < 1.29 is 18.0 Å². The van der Waals surface area contributed by atoms with Crippen LogP contribution in [-0.2, 0) is 4.79 Å². The topological polar surface area (TPSA) is 44.4 Å². The summed E-state index contributed by atoms with van der Waals surface area (Å²) in [4.78, 5) is 13.4. The summed E-state index contributed by atoms with van der Waals surface area (Å²) < 4.78 is 36.0. The molecule has 1 atom stereocenters. The Balaban J connectivity index is 2.32. The molecule has 7 heteroatoms. The van der Waals surface area contributed by atoms with Gasteiger partial charge in [0, 0.05) is 12.6 Å². The predicted octanol–water partition coefficient (Wildman–Crippen LogP) is 1.13. The van der Waals surface area contributed by atoms with E-state index in [2.05, 4.69) is 5.32 Å². The third-order valence-corrected chi connectivity index (χ3v) is 3.03. The van der Waals surface area contributed by atoms with Crippen LogP contribution in [0.25, 0.3) is 0 Å². The Morgan fingerprint density at radius 1 is 1.47 bits per heavy atom. The van der Waals surface area contributed by atoms with Crippen LogP contribution in [0.15, 0.2) is 0 Å². The van der Waals surface area contributed by atoms with E-state index in [0.717, 1.165) is 32.4 Å². The van der Waals surface area contributed by atoms with E-state index in [-0.39, 0.29) is 6.54 Å². The van der Waals surface area contributed by atoms with Crippen LogP contribution in [0.5, 0.6) is 0 Å². The quantitative estimate of drug-likeness (QED) is 0.735. The minimum absolute atomic E-state index is 0.0299. The van der Waals surface area contributed by atoms with Gasteiger partial charge in [-0.2, -0.15) is 13.2 Å². The molecule has 0 aliphatic carbocycles. The largest absolute Gasteiger partial charge is 0.405 e. The second-order valence-electron chi connectivity index (χ2n) is 4.92.